The van der Waals surface area contributed by atoms with Crippen molar-refractivity contribution in [2.75, 3.05) is 6.61 Å². The average molecular weight is 423 g/mol. The maximum absolute atomic E-state index is 14.9. The van der Waals surface area contributed by atoms with Crippen LogP contribution in [0.1, 0.15) is 76.7 Å². The minimum atomic E-state index is -1.23. The van der Waals surface area contributed by atoms with E-state index in [2.05, 4.69) is 6.92 Å². The summed E-state index contributed by atoms with van der Waals surface area (Å²) >= 11 is 0. The van der Waals surface area contributed by atoms with E-state index in [-0.39, 0.29) is 29.4 Å². The van der Waals surface area contributed by atoms with Gasteiger partial charge in [-0.1, -0.05) is 45.2 Å². The largest absolute Gasteiger partial charge is 0.490 e. The van der Waals surface area contributed by atoms with E-state index in [0.717, 1.165) is 25.7 Å². The fourth-order valence-corrected chi connectivity index (χ4v) is 4.41. The lowest BCUT2D eigenvalue weighted by atomic mass is 9.76. The summed E-state index contributed by atoms with van der Waals surface area (Å²) in [7, 11) is 0. The topological polar surface area (TPSA) is 9.23 Å². The second-order valence-corrected chi connectivity index (χ2v) is 8.28. The van der Waals surface area contributed by atoms with Gasteiger partial charge in [-0.3, -0.25) is 0 Å². The van der Waals surface area contributed by atoms with Crippen molar-refractivity contribution in [3.8, 4) is 16.9 Å². The van der Waals surface area contributed by atoms with Crippen LogP contribution in [0.3, 0.4) is 0 Å². The Morgan fingerprint density at radius 3 is 2.03 bits per heavy atom. The zero-order chi connectivity index (χ0) is 21.7. The molecule has 0 unspecified atom stereocenters. The molecule has 0 atom stereocenters. The van der Waals surface area contributed by atoms with Gasteiger partial charge in [-0.25, -0.2) is 13.2 Å². The fraction of sp³-hybridized carbons (Fsp3) is 0.520. The predicted octanol–water partition coefficient (Wildman–Crippen LogP) is 8.16. The summed E-state index contributed by atoms with van der Waals surface area (Å²) in [5.74, 6) is -4.08. The summed E-state index contributed by atoms with van der Waals surface area (Å²) in [5, 5.41) is 0. The van der Waals surface area contributed by atoms with E-state index in [9.17, 15) is 17.6 Å². The molecule has 1 aliphatic carbocycles. The van der Waals surface area contributed by atoms with Gasteiger partial charge in [0.25, 0.3) is 0 Å². The van der Waals surface area contributed by atoms with E-state index >= 15 is 0 Å². The number of benzene rings is 2. The molecular formula is C25H30F4O. The lowest BCUT2D eigenvalue weighted by Crippen LogP contribution is -2.15. The monoisotopic (exact) mass is 422 g/mol. The van der Waals surface area contributed by atoms with Crippen LogP contribution in [0.4, 0.5) is 17.6 Å². The molecule has 164 valence electrons. The first-order chi connectivity index (χ1) is 14.5. The summed E-state index contributed by atoms with van der Waals surface area (Å²) in [4.78, 5) is 0. The van der Waals surface area contributed by atoms with Gasteiger partial charge in [0.15, 0.2) is 23.2 Å². The minimum Gasteiger partial charge on any atom is -0.490 e. The molecule has 0 amide bonds. The second-order valence-electron chi connectivity index (χ2n) is 8.28. The molecule has 0 radical (unpaired) electrons. The normalized spacial score (nSPS) is 19.1. The van der Waals surface area contributed by atoms with Crippen molar-refractivity contribution in [1.82, 2.24) is 0 Å². The van der Waals surface area contributed by atoms with Crippen LogP contribution in [0.15, 0.2) is 24.3 Å². The number of rotatable bonds is 8. The predicted molar refractivity (Wildman–Crippen MR) is 112 cm³/mol. The minimum absolute atomic E-state index is 0.0298. The quantitative estimate of drug-likeness (QED) is 0.390. The van der Waals surface area contributed by atoms with Crippen molar-refractivity contribution in [1.29, 1.82) is 0 Å². The molecule has 2 aromatic carbocycles. The third-order valence-electron chi connectivity index (χ3n) is 6.16. The van der Waals surface area contributed by atoms with Gasteiger partial charge < -0.3 is 4.74 Å². The van der Waals surface area contributed by atoms with Crippen molar-refractivity contribution < 1.29 is 22.3 Å². The van der Waals surface area contributed by atoms with Crippen LogP contribution in [-0.4, -0.2) is 6.61 Å². The molecule has 1 aliphatic rings. The maximum Gasteiger partial charge on any atom is 0.201 e. The Balaban J connectivity index is 1.81. The summed E-state index contributed by atoms with van der Waals surface area (Å²) in [6.07, 6.45) is 7.92. The molecular weight excluding hydrogens is 392 g/mol. The molecule has 3 rings (SSSR count). The van der Waals surface area contributed by atoms with Crippen LogP contribution < -0.4 is 4.74 Å². The Labute approximate surface area is 176 Å². The van der Waals surface area contributed by atoms with Gasteiger partial charge >= 0.3 is 0 Å². The maximum atomic E-state index is 14.9. The van der Waals surface area contributed by atoms with E-state index in [1.807, 2.05) is 6.92 Å². The lowest BCUT2D eigenvalue weighted by molar-refractivity contribution is 0.295. The first kappa shape index (κ1) is 22.6. The standard InChI is InChI=1S/C25H30F4O/c1-3-5-6-16-7-9-17(10-8-16)18-11-12-19(23(27)22(18)26)20-13-14-21(30-15-4-2)25(29)24(20)28/h11-14,16-17H,3-10,15H2,1-2H3. The molecule has 5 heteroatoms. The number of hydrogen-bond donors (Lipinski definition) is 0. The number of hydrogen-bond acceptors (Lipinski definition) is 1. The Hall–Kier alpha value is -2.04. The molecule has 1 fully saturated rings. The van der Waals surface area contributed by atoms with Gasteiger partial charge in [0.2, 0.25) is 5.82 Å². The molecule has 0 bridgehead atoms. The third-order valence-corrected chi connectivity index (χ3v) is 6.16. The third kappa shape index (κ3) is 4.81. The van der Waals surface area contributed by atoms with Crippen LogP contribution >= 0.6 is 0 Å². The number of ether oxygens (including phenoxy) is 1. The molecule has 1 saturated carbocycles. The number of halogens is 4. The first-order valence-electron chi connectivity index (χ1n) is 11.1. The van der Waals surface area contributed by atoms with Gasteiger partial charge in [0, 0.05) is 11.1 Å². The number of unbranched alkanes of at least 4 members (excludes halogenated alkanes) is 1. The Morgan fingerprint density at radius 1 is 0.767 bits per heavy atom. The smallest absolute Gasteiger partial charge is 0.201 e. The highest BCUT2D eigenvalue weighted by molar-refractivity contribution is 5.66. The molecule has 1 nitrogen and oxygen atoms in total. The van der Waals surface area contributed by atoms with Crippen molar-refractivity contribution in [3.05, 3.63) is 53.1 Å². The molecule has 0 heterocycles. The summed E-state index contributed by atoms with van der Waals surface area (Å²) in [5.41, 5.74) is -0.233. The van der Waals surface area contributed by atoms with Crippen molar-refractivity contribution in [3.63, 3.8) is 0 Å². The Bertz CT molecular complexity index is 857. The van der Waals surface area contributed by atoms with E-state index in [1.54, 1.807) is 0 Å². The fourth-order valence-electron chi connectivity index (χ4n) is 4.41. The van der Waals surface area contributed by atoms with E-state index in [1.165, 1.54) is 43.5 Å². The van der Waals surface area contributed by atoms with Gasteiger partial charge in [-0.15, -0.1) is 0 Å². The zero-order valence-corrected chi connectivity index (χ0v) is 17.7. The first-order valence-corrected chi connectivity index (χ1v) is 11.1. The van der Waals surface area contributed by atoms with Crippen molar-refractivity contribution in [2.24, 2.45) is 5.92 Å². The molecule has 0 aliphatic heterocycles. The van der Waals surface area contributed by atoms with E-state index in [0.29, 0.717) is 17.9 Å². The molecule has 0 spiro atoms. The lowest BCUT2D eigenvalue weighted by Gasteiger charge is -2.29. The average Bonchev–Trinajstić information content (AvgIpc) is 2.76. The highest BCUT2D eigenvalue weighted by Gasteiger charge is 2.27. The van der Waals surface area contributed by atoms with Crippen LogP contribution in [-0.2, 0) is 0 Å². The van der Waals surface area contributed by atoms with E-state index < -0.39 is 23.3 Å². The van der Waals surface area contributed by atoms with Crippen LogP contribution in [0.2, 0.25) is 0 Å². The molecule has 30 heavy (non-hydrogen) atoms. The van der Waals surface area contributed by atoms with Gasteiger partial charge in [0.05, 0.1) is 6.61 Å². The van der Waals surface area contributed by atoms with Gasteiger partial charge in [0.1, 0.15) is 0 Å². The summed E-state index contributed by atoms with van der Waals surface area (Å²) in [6, 6.07) is 5.39. The van der Waals surface area contributed by atoms with Crippen LogP contribution in [0.5, 0.6) is 5.75 Å². The van der Waals surface area contributed by atoms with Crippen LogP contribution in [0.25, 0.3) is 11.1 Å². The molecule has 0 aromatic heterocycles. The van der Waals surface area contributed by atoms with E-state index in [4.69, 9.17) is 4.74 Å². The van der Waals surface area contributed by atoms with Gasteiger partial charge in [-0.2, -0.15) is 4.39 Å². The van der Waals surface area contributed by atoms with Crippen molar-refractivity contribution >= 4 is 0 Å². The summed E-state index contributed by atoms with van der Waals surface area (Å²) < 4.78 is 63.7. The summed E-state index contributed by atoms with van der Waals surface area (Å²) in [6.45, 7) is 4.26. The van der Waals surface area contributed by atoms with Crippen molar-refractivity contribution in [2.45, 2.75) is 71.1 Å². The Morgan fingerprint density at radius 2 is 1.40 bits per heavy atom. The highest BCUT2D eigenvalue weighted by atomic mass is 19.2. The van der Waals surface area contributed by atoms with Gasteiger partial charge in [-0.05, 0) is 61.6 Å². The zero-order valence-electron chi connectivity index (χ0n) is 17.7. The molecule has 2 aromatic rings. The second kappa shape index (κ2) is 10.3. The molecule has 0 saturated heterocycles. The van der Waals surface area contributed by atoms with Crippen LogP contribution in [0, 0.1) is 29.2 Å². The highest BCUT2D eigenvalue weighted by Crippen LogP contribution is 2.41. The Kier molecular flexibility index (Phi) is 7.79. The molecule has 0 N–H and O–H groups in total. The SMILES string of the molecule is CCCCC1CCC(c2ccc(-c3ccc(OCCC)c(F)c3F)c(F)c2F)CC1.